The maximum absolute atomic E-state index is 12.5. The number of nitrogen functional groups attached to an aromatic ring is 1. The summed E-state index contributed by atoms with van der Waals surface area (Å²) >= 11 is 0. The van der Waals surface area contributed by atoms with E-state index in [1.807, 2.05) is 4.90 Å². The number of carbonyl (C=O) groups excluding carboxylic acids is 2. The molecule has 0 bridgehead atoms. The number of carbonyl (C=O) groups is 2. The van der Waals surface area contributed by atoms with Crippen molar-refractivity contribution < 1.29 is 19.1 Å². The van der Waals surface area contributed by atoms with Gasteiger partial charge in [-0.3, -0.25) is 9.59 Å². The Morgan fingerprint density at radius 1 is 1.24 bits per heavy atom. The second-order valence-corrected chi connectivity index (χ2v) is 6.66. The zero-order chi connectivity index (χ0) is 20.8. The van der Waals surface area contributed by atoms with Crippen molar-refractivity contribution in [3.63, 3.8) is 0 Å². The van der Waals surface area contributed by atoms with Crippen molar-refractivity contribution in [1.29, 1.82) is 0 Å². The van der Waals surface area contributed by atoms with Crippen molar-refractivity contribution in [3.05, 3.63) is 36.0 Å². The van der Waals surface area contributed by atoms with Gasteiger partial charge in [-0.1, -0.05) is 0 Å². The minimum absolute atomic E-state index is 0.0990. The molecule has 3 N–H and O–H groups in total. The molecule has 1 saturated heterocycles. The van der Waals surface area contributed by atoms with Crippen LogP contribution in [0.15, 0.2) is 30.5 Å². The first-order valence-corrected chi connectivity index (χ1v) is 9.51. The Hall–Kier alpha value is -3.36. The highest BCUT2D eigenvalue weighted by Gasteiger charge is 2.27. The lowest BCUT2D eigenvalue weighted by atomic mass is 9.97. The number of rotatable bonds is 6. The first-order chi connectivity index (χ1) is 14.0. The molecule has 1 aliphatic heterocycles. The molecule has 9 nitrogen and oxygen atoms in total. The lowest BCUT2D eigenvalue weighted by Gasteiger charge is -2.30. The third-order valence-electron chi connectivity index (χ3n) is 4.80. The molecule has 1 fully saturated rings. The Morgan fingerprint density at radius 2 is 1.93 bits per heavy atom. The van der Waals surface area contributed by atoms with Crippen molar-refractivity contribution in [2.45, 2.75) is 19.8 Å². The van der Waals surface area contributed by atoms with E-state index in [0.717, 1.165) is 0 Å². The molecule has 154 valence electrons. The number of benzene rings is 1. The average Bonchev–Trinajstić information content (AvgIpc) is 2.74. The van der Waals surface area contributed by atoms with E-state index >= 15 is 0 Å². The number of amides is 1. The third-order valence-corrected chi connectivity index (χ3v) is 4.80. The Labute approximate surface area is 169 Å². The van der Waals surface area contributed by atoms with Gasteiger partial charge in [-0.15, -0.1) is 0 Å². The molecule has 1 aromatic heterocycles. The summed E-state index contributed by atoms with van der Waals surface area (Å²) in [5, 5.41) is 2.76. The smallest absolute Gasteiger partial charge is 0.309 e. The standard InChI is InChI=1S/C20H25N5O4/c1-3-29-19(27)13-8-10-25(11-9-13)20-22-12-16(17(21)24-20)18(26)23-14-4-6-15(28-2)7-5-14/h4-7,12-13H,3,8-11H2,1-2H3,(H,23,26)(H2,21,22,24). The highest BCUT2D eigenvalue weighted by molar-refractivity contribution is 6.07. The minimum atomic E-state index is -0.389. The summed E-state index contributed by atoms with van der Waals surface area (Å²) in [7, 11) is 1.58. The molecule has 1 aromatic carbocycles. The van der Waals surface area contributed by atoms with Crippen LogP contribution in [0.4, 0.5) is 17.5 Å². The summed E-state index contributed by atoms with van der Waals surface area (Å²) in [4.78, 5) is 34.9. The molecule has 9 heteroatoms. The van der Waals surface area contributed by atoms with Gasteiger partial charge in [-0.2, -0.15) is 4.98 Å². The number of nitrogens with two attached hydrogens (primary N) is 1. The van der Waals surface area contributed by atoms with Crippen LogP contribution in [0.25, 0.3) is 0 Å². The fourth-order valence-electron chi connectivity index (χ4n) is 3.16. The van der Waals surface area contributed by atoms with Gasteiger partial charge in [0, 0.05) is 25.0 Å². The number of hydrogen-bond acceptors (Lipinski definition) is 8. The third kappa shape index (κ3) is 4.92. The molecule has 0 atom stereocenters. The summed E-state index contributed by atoms with van der Waals surface area (Å²) < 4.78 is 10.2. The molecule has 0 spiro atoms. The quantitative estimate of drug-likeness (QED) is 0.709. The van der Waals surface area contributed by atoms with Gasteiger partial charge in [-0.25, -0.2) is 4.98 Å². The number of hydrogen-bond donors (Lipinski definition) is 2. The molecule has 0 aliphatic carbocycles. The van der Waals surface area contributed by atoms with E-state index in [1.165, 1.54) is 6.20 Å². The van der Waals surface area contributed by atoms with Crippen LogP contribution < -0.4 is 20.7 Å². The van der Waals surface area contributed by atoms with Crippen LogP contribution in [0, 0.1) is 5.92 Å². The van der Waals surface area contributed by atoms with Crippen LogP contribution in [0.1, 0.15) is 30.1 Å². The maximum atomic E-state index is 12.5. The van der Waals surface area contributed by atoms with Crippen molar-refractivity contribution in [2.24, 2.45) is 5.92 Å². The highest BCUT2D eigenvalue weighted by Crippen LogP contribution is 2.23. The Balaban J connectivity index is 1.62. The first kappa shape index (κ1) is 20.4. The molecule has 29 heavy (non-hydrogen) atoms. The molecular formula is C20H25N5O4. The largest absolute Gasteiger partial charge is 0.497 e. The predicted molar refractivity (Wildman–Crippen MR) is 109 cm³/mol. The lowest BCUT2D eigenvalue weighted by Crippen LogP contribution is -2.38. The van der Waals surface area contributed by atoms with E-state index in [9.17, 15) is 9.59 Å². The van der Waals surface area contributed by atoms with Gasteiger partial charge in [0.2, 0.25) is 5.95 Å². The number of nitrogens with one attached hydrogen (secondary N) is 1. The van der Waals surface area contributed by atoms with Crippen LogP contribution >= 0.6 is 0 Å². The zero-order valence-corrected chi connectivity index (χ0v) is 16.6. The summed E-state index contributed by atoms with van der Waals surface area (Å²) in [6.45, 7) is 3.44. The maximum Gasteiger partial charge on any atom is 0.309 e. The number of aromatic nitrogens is 2. The molecule has 2 heterocycles. The SMILES string of the molecule is CCOC(=O)C1CCN(c2ncc(C(=O)Nc3ccc(OC)cc3)c(N)n2)CC1. The van der Waals surface area contributed by atoms with Gasteiger partial charge in [-0.05, 0) is 44.0 Å². The molecule has 0 radical (unpaired) electrons. The highest BCUT2D eigenvalue weighted by atomic mass is 16.5. The van der Waals surface area contributed by atoms with E-state index in [0.29, 0.717) is 49.9 Å². The van der Waals surface area contributed by atoms with Gasteiger partial charge in [0.25, 0.3) is 5.91 Å². The van der Waals surface area contributed by atoms with E-state index in [4.69, 9.17) is 15.2 Å². The van der Waals surface area contributed by atoms with Crippen LogP contribution in [0.2, 0.25) is 0 Å². The summed E-state index contributed by atoms with van der Waals surface area (Å²) in [6, 6.07) is 6.96. The van der Waals surface area contributed by atoms with Crippen LogP contribution in [-0.4, -0.2) is 48.7 Å². The lowest BCUT2D eigenvalue weighted by molar-refractivity contribution is -0.148. The molecule has 2 aromatic rings. The average molecular weight is 399 g/mol. The van der Waals surface area contributed by atoms with Crippen LogP contribution in [0.5, 0.6) is 5.75 Å². The van der Waals surface area contributed by atoms with Crippen LogP contribution in [0.3, 0.4) is 0 Å². The molecular weight excluding hydrogens is 374 g/mol. The fraction of sp³-hybridized carbons (Fsp3) is 0.400. The topological polar surface area (TPSA) is 120 Å². The number of piperidine rings is 1. The Bertz CT molecular complexity index is 864. The molecule has 0 unspecified atom stereocenters. The van der Waals surface area contributed by atoms with Crippen molar-refractivity contribution >= 4 is 29.3 Å². The fourth-order valence-corrected chi connectivity index (χ4v) is 3.16. The Kier molecular flexibility index (Phi) is 6.48. The monoisotopic (exact) mass is 399 g/mol. The first-order valence-electron chi connectivity index (χ1n) is 9.51. The van der Waals surface area contributed by atoms with E-state index in [1.54, 1.807) is 38.3 Å². The van der Waals surface area contributed by atoms with Crippen molar-refractivity contribution in [1.82, 2.24) is 9.97 Å². The van der Waals surface area contributed by atoms with Gasteiger partial charge in [0.05, 0.1) is 19.6 Å². The second kappa shape index (κ2) is 9.22. The predicted octanol–water partition coefficient (Wildman–Crippen LogP) is 2.10. The van der Waals surface area contributed by atoms with E-state index < -0.39 is 0 Å². The summed E-state index contributed by atoms with van der Waals surface area (Å²) in [5.41, 5.74) is 6.82. The number of anilines is 3. The minimum Gasteiger partial charge on any atom is -0.497 e. The van der Waals surface area contributed by atoms with E-state index in [2.05, 4.69) is 15.3 Å². The number of esters is 1. The molecule has 0 saturated carbocycles. The summed E-state index contributed by atoms with van der Waals surface area (Å²) in [5.74, 6) is 0.609. The van der Waals surface area contributed by atoms with Gasteiger partial charge < -0.3 is 25.4 Å². The normalized spacial score (nSPS) is 14.3. The van der Waals surface area contributed by atoms with E-state index in [-0.39, 0.29) is 29.2 Å². The number of ether oxygens (including phenoxy) is 2. The summed E-state index contributed by atoms with van der Waals surface area (Å²) in [6.07, 6.45) is 2.76. The molecule has 1 aliphatic rings. The van der Waals surface area contributed by atoms with Gasteiger partial charge >= 0.3 is 5.97 Å². The Morgan fingerprint density at radius 3 is 2.52 bits per heavy atom. The second-order valence-electron chi connectivity index (χ2n) is 6.66. The molecule has 3 rings (SSSR count). The number of nitrogens with zero attached hydrogens (tertiary/aromatic N) is 3. The zero-order valence-electron chi connectivity index (χ0n) is 16.6. The van der Waals surface area contributed by atoms with Gasteiger partial charge in [0.1, 0.15) is 17.1 Å². The van der Waals surface area contributed by atoms with Gasteiger partial charge in [0.15, 0.2) is 0 Å². The molecule has 1 amide bonds. The number of methoxy groups -OCH3 is 1. The van der Waals surface area contributed by atoms with Crippen molar-refractivity contribution in [2.75, 3.05) is 42.8 Å². The van der Waals surface area contributed by atoms with Crippen LogP contribution in [-0.2, 0) is 9.53 Å². The van der Waals surface area contributed by atoms with Crippen molar-refractivity contribution in [3.8, 4) is 5.75 Å².